The van der Waals surface area contributed by atoms with E-state index in [0.29, 0.717) is 5.56 Å². The number of carbonyl (C=O) groups excluding carboxylic acids is 2. The first-order valence-electron chi connectivity index (χ1n) is 4.27. The lowest BCUT2D eigenvalue weighted by Gasteiger charge is -2.04. The summed E-state index contributed by atoms with van der Waals surface area (Å²) >= 11 is 0. The van der Waals surface area contributed by atoms with Crippen molar-refractivity contribution < 1.29 is 14.4 Å². The van der Waals surface area contributed by atoms with Crippen molar-refractivity contribution >= 4 is 11.8 Å². The van der Waals surface area contributed by atoms with Gasteiger partial charge in [-0.05, 0) is 12.1 Å². The zero-order valence-electron chi connectivity index (χ0n) is 8.19. The van der Waals surface area contributed by atoms with Crippen LogP contribution in [-0.2, 0) is 9.63 Å². The number of nitrogens with zero attached hydrogens (tertiary/aromatic N) is 1. The smallest absolute Gasteiger partial charge is 0.276 e. The standard InChI is InChI=1S/C9H11N3O3/c1-10-8(13)6-15-12-9(14)7-3-2-4-11-5-7/h2-5H,6H2,1H3,(H,10,13)(H,12,14). The quantitative estimate of drug-likeness (QED) is 0.654. The van der Waals surface area contributed by atoms with E-state index < -0.39 is 5.91 Å². The summed E-state index contributed by atoms with van der Waals surface area (Å²) in [7, 11) is 1.48. The molecule has 1 rings (SSSR count). The summed E-state index contributed by atoms with van der Waals surface area (Å²) in [6.07, 6.45) is 2.96. The fourth-order valence-electron chi connectivity index (χ4n) is 0.795. The van der Waals surface area contributed by atoms with Crippen molar-refractivity contribution in [3.8, 4) is 0 Å². The number of hydrogen-bond donors (Lipinski definition) is 2. The van der Waals surface area contributed by atoms with E-state index in [1.54, 1.807) is 18.3 Å². The van der Waals surface area contributed by atoms with Crippen molar-refractivity contribution in [2.45, 2.75) is 0 Å². The van der Waals surface area contributed by atoms with Gasteiger partial charge in [0.2, 0.25) is 5.91 Å². The minimum absolute atomic E-state index is 0.220. The summed E-state index contributed by atoms with van der Waals surface area (Å²) in [5.74, 6) is -0.756. The molecule has 0 aromatic carbocycles. The van der Waals surface area contributed by atoms with Crippen LogP contribution in [0.15, 0.2) is 24.5 Å². The predicted molar refractivity (Wildman–Crippen MR) is 51.7 cm³/mol. The Morgan fingerprint density at radius 3 is 2.93 bits per heavy atom. The van der Waals surface area contributed by atoms with E-state index in [1.165, 1.54) is 13.2 Å². The molecule has 1 aromatic heterocycles. The topological polar surface area (TPSA) is 80.3 Å². The minimum atomic E-state index is -0.438. The molecule has 0 aliphatic heterocycles. The summed E-state index contributed by atoms with van der Waals surface area (Å²) in [5.41, 5.74) is 2.49. The highest BCUT2D eigenvalue weighted by Crippen LogP contribution is 1.94. The first-order chi connectivity index (χ1) is 7.24. The largest absolute Gasteiger partial charge is 0.357 e. The van der Waals surface area contributed by atoms with Gasteiger partial charge < -0.3 is 5.32 Å². The average molecular weight is 209 g/mol. The molecule has 0 radical (unpaired) electrons. The van der Waals surface area contributed by atoms with E-state index in [0.717, 1.165) is 0 Å². The van der Waals surface area contributed by atoms with Crippen molar-refractivity contribution in [1.29, 1.82) is 0 Å². The van der Waals surface area contributed by atoms with E-state index in [2.05, 4.69) is 20.6 Å². The van der Waals surface area contributed by atoms with Crippen molar-refractivity contribution in [3.63, 3.8) is 0 Å². The van der Waals surface area contributed by atoms with E-state index in [4.69, 9.17) is 0 Å². The summed E-state index contributed by atoms with van der Waals surface area (Å²) < 4.78 is 0. The van der Waals surface area contributed by atoms with Crippen LogP contribution in [0.25, 0.3) is 0 Å². The van der Waals surface area contributed by atoms with Gasteiger partial charge in [-0.3, -0.25) is 19.4 Å². The Kier molecular flexibility index (Phi) is 4.24. The van der Waals surface area contributed by atoms with Gasteiger partial charge in [-0.1, -0.05) is 0 Å². The number of pyridine rings is 1. The number of rotatable bonds is 4. The molecule has 15 heavy (non-hydrogen) atoms. The SMILES string of the molecule is CNC(=O)CONC(=O)c1cccnc1. The Labute approximate surface area is 86.6 Å². The van der Waals surface area contributed by atoms with Crippen LogP contribution < -0.4 is 10.8 Å². The van der Waals surface area contributed by atoms with Crippen LogP contribution in [0.5, 0.6) is 0 Å². The third kappa shape index (κ3) is 3.74. The summed E-state index contributed by atoms with van der Waals surface area (Å²) in [6, 6.07) is 3.22. The number of amides is 2. The Morgan fingerprint density at radius 2 is 2.33 bits per heavy atom. The third-order valence-corrected chi connectivity index (χ3v) is 1.57. The van der Waals surface area contributed by atoms with Gasteiger partial charge in [0.25, 0.3) is 5.91 Å². The molecule has 0 fully saturated rings. The molecule has 80 valence electrons. The number of likely N-dealkylation sites (N-methyl/N-ethyl adjacent to an activating group) is 1. The number of nitrogens with one attached hydrogen (secondary N) is 2. The van der Waals surface area contributed by atoms with Crippen LogP contribution in [0.3, 0.4) is 0 Å². The second kappa shape index (κ2) is 5.71. The van der Waals surface area contributed by atoms with Crippen LogP contribution >= 0.6 is 0 Å². The van der Waals surface area contributed by atoms with E-state index in [9.17, 15) is 9.59 Å². The lowest BCUT2D eigenvalue weighted by Crippen LogP contribution is -2.31. The van der Waals surface area contributed by atoms with Crippen LogP contribution in [-0.4, -0.2) is 30.5 Å². The van der Waals surface area contributed by atoms with Gasteiger partial charge in [-0.25, -0.2) is 5.48 Å². The molecule has 0 aliphatic rings. The molecule has 0 saturated heterocycles. The first-order valence-corrected chi connectivity index (χ1v) is 4.27. The van der Waals surface area contributed by atoms with Gasteiger partial charge in [-0.2, -0.15) is 0 Å². The van der Waals surface area contributed by atoms with E-state index in [1.807, 2.05) is 0 Å². The highest BCUT2D eigenvalue weighted by molar-refractivity contribution is 5.93. The Morgan fingerprint density at radius 1 is 1.53 bits per heavy atom. The van der Waals surface area contributed by atoms with Crippen molar-refractivity contribution in [3.05, 3.63) is 30.1 Å². The Hall–Kier alpha value is -1.95. The molecule has 1 aromatic rings. The van der Waals surface area contributed by atoms with Crippen LogP contribution in [0, 0.1) is 0 Å². The van der Waals surface area contributed by atoms with Gasteiger partial charge in [0.05, 0.1) is 5.56 Å². The number of carbonyl (C=O) groups is 2. The maximum atomic E-state index is 11.3. The lowest BCUT2D eigenvalue weighted by atomic mass is 10.3. The van der Waals surface area contributed by atoms with Crippen molar-refractivity contribution in [2.75, 3.05) is 13.7 Å². The fourth-order valence-corrected chi connectivity index (χ4v) is 0.795. The molecular weight excluding hydrogens is 198 g/mol. The van der Waals surface area contributed by atoms with Gasteiger partial charge in [-0.15, -0.1) is 0 Å². The summed E-state index contributed by atoms with van der Waals surface area (Å²) in [4.78, 5) is 30.5. The number of aromatic nitrogens is 1. The van der Waals surface area contributed by atoms with Crippen LogP contribution in [0.4, 0.5) is 0 Å². The zero-order valence-corrected chi connectivity index (χ0v) is 8.19. The maximum Gasteiger partial charge on any atom is 0.276 e. The van der Waals surface area contributed by atoms with Gasteiger partial charge in [0, 0.05) is 19.4 Å². The summed E-state index contributed by atoms with van der Waals surface area (Å²) in [6.45, 7) is -0.220. The third-order valence-electron chi connectivity index (χ3n) is 1.57. The predicted octanol–water partition coefficient (Wildman–Crippen LogP) is -0.511. The number of hydrogen-bond acceptors (Lipinski definition) is 4. The maximum absolute atomic E-state index is 11.3. The zero-order chi connectivity index (χ0) is 11.1. The summed E-state index contributed by atoms with van der Waals surface area (Å²) in [5, 5.41) is 2.35. The molecule has 0 saturated carbocycles. The first kappa shape index (κ1) is 11.1. The molecule has 0 bridgehead atoms. The average Bonchev–Trinajstić information content (AvgIpc) is 2.29. The molecule has 2 N–H and O–H groups in total. The highest BCUT2D eigenvalue weighted by Gasteiger charge is 2.05. The van der Waals surface area contributed by atoms with Crippen LogP contribution in [0.1, 0.15) is 10.4 Å². The molecule has 6 nitrogen and oxygen atoms in total. The van der Waals surface area contributed by atoms with E-state index in [-0.39, 0.29) is 12.5 Å². The van der Waals surface area contributed by atoms with E-state index >= 15 is 0 Å². The molecular formula is C9H11N3O3. The molecule has 2 amide bonds. The molecule has 0 atom stereocenters. The second-order valence-corrected chi connectivity index (χ2v) is 2.63. The second-order valence-electron chi connectivity index (χ2n) is 2.63. The lowest BCUT2D eigenvalue weighted by molar-refractivity contribution is -0.126. The van der Waals surface area contributed by atoms with Crippen molar-refractivity contribution in [1.82, 2.24) is 15.8 Å². The Balaban J connectivity index is 2.34. The number of hydroxylamine groups is 1. The molecule has 6 heteroatoms. The molecule has 1 heterocycles. The molecule has 0 unspecified atom stereocenters. The monoisotopic (exact) mass is 209 g/mol. The highest BCUT2D eigenvalue weighted by atomic mass is 16.7. The van der Waals surface area contributed by atoms with Gasteiger partial charge in [0.1, 0.15) is 0 Å². The van der Waals surface area contributed by atoms with Crippen molar-refractivity contribution in [2.24, 2.45) is 0 Å². The van der Waals surface area contributed by atoms with Crippen LogP contribution in [0.2, 0.25) is 0 Å². The fraction of sp³-hybridized carbons (Fsp3) is 0.222. The Bertz CT molecular complexity index is 340. The molecule has 0 spiro atoms. The molecule has 0 aliphatic carbocycles. The normalized spacial score (nSPS) is 9.40. The van der Waals surface area contributed by atoms with Gasteiger partial charge >= 0.3 is 0 Å². The van der Waals surface area contributed by atoms with Gasteiger partial charge in [0.15, 0.2) is 6.61 Å². The minimum Gasteiger partial charge on any atom is -0.357 e.